The van der Waals surface area contributed by atoms with Gasteiger partial charge in [-0.1, -0.05) is 42.5 Å². The number of hydrogen-bond donors (Lipinski definition) is 1. The highest BCUT2D eigenvalue weighted by Gasteiger charge is 2.21. The van der Waals surface area contributed by atoms with E-state index in [4.69, 9.17) is 4.74 Å². The van der Waals surface area contributed by atoms with Crippen LogP contribution in [0.5, 0.6) is 5.75 Å². The Bertz CT molecular complexity index is 849. The van der Waals surface area contributed by atoms with Gasteiger partial charge >= 0.3 is 0 Å². The Kier molecular flexibility index (Phi) is 6.78. The van der Waals surface area contributed by atoms with Crippen molar-refractivity contribution in [2.24, 2.45) is 5.10 Å². The minimum Gasteiger partial charge on any atom is -0.492 e. The number of hydrazone groups is 1. The van der Waals surface area contributed by atoms with E-state index < -0.39 is 0 Å². The normalized spacial score (nSPS) is 13.2. The lowest BCUT2D eigenvalue weighted by Crippen LogP contribution is -2.30. The summed E-state index contributed by atoms with van der Waals surface area (Å²) >= 11 is 0. The van der Waals surface area contributed by atoms with Gasteiger partial charge in [-0.3, -0.25) is 9.59 Å². The van der Waals surface area contributed by atoms with Crippen molar-refractivity contribution >= 4 is 17.5 Å². The largest absolute Gasteiger partial charge is 0.492 e. The zero-order valence-corrected chi connectivity index (χ0v) is 16.1. The number of aryl methyl sites for hydroxylation is 1. The molecule has 0 bridgehead atoms. The van der Waals surface area contributed by atoms with Crippen LogP contribution in [0.4, 0.5) is 0 Å². The second-order valence-corrected chi connectivity index (χ2v) is 6.69. The minimum atomic E-state index is -0.160. The van der Waals surface area contributed by atoms with Crippen molar-refractivity contribution in [3.05, 3.63) is 65.7 Å². The summed E-state index contributed by atoms with van der Waals surface area (Å²) in [6.45, 7) is 3.36. The van der Waals surface area contributed by atoms with E-state index in [1.54, 1.807) is 0 Å². The molecule has 6 heteroatoms. The average molecular weight is 379 g/mol. The molecular weight excluding hydrogens is 354 g/mol. The van der Waals surface area contributed by atoms with Crippen LogP contribution in [0.2, 0.25) is 0 Å². The van der Waals surface area contributed by atoms with E-state index in [0.29, 0.717) is 19.7 Å². The van der Waals surface area contributed by atoms with Gasteiger partial charge in [0.1, 0.15) is 12.4 Å². The summed E-state index contributed by atoms with van der Waals surface area (Å²) in [5.41, 5.74) is 3.07. The summed E-state index contributed by atoms with van der Waals surface area (Å²) in [5.74, 6) is 0.496. The van der Waals surface area contributed by atoms with Crippen LogP contribution >= 0.6 is 0 Å². The Morgan fingerprint density at radius 2 is 1.93 bits per heavy atom. The highest BCUT2D eigenvalue weighted by Crippen LogP contribution is 2.15. The Labute approximate surface area is 165 Å². The first-order valence-corrected chi connectivity index (χ1v) is 9.51. The lowest BCUT2D eigenvalue weighted by molar-refractivity contribution is -0.133. The Hall–Kier alpha value is -3.15. The van der Waals surface area contributed by atoms with Gasteiger partial charge in [0.2, 0.25) is 11.8 Å². The van der Waals surface area contributed by atoms with Crippen LogP contribution in [0.25, 0.3) is 0 Å². The lowest BCUT2D eigenvalue weighted by atomic mass is 10.1. The maximum Gasteiger partial charge on any atom is 0.243 e. The number of ether oxygens (including phenoxy) is 1. The molecule has 1 N–H and O–H groups in total. The molecule has 0 unspecified atom stereocenters. The molecule has 28 heavy (non-hydrogen) atoms. The van der Waals surface area contributed by atoms with Gasteiger partial charge in [0, 0.05) is 19.3 Å². The van der Waals surface area contributed by atoms with Crippen molar-refractivity contribution in [2.45, 2.75) is 26.2 Å². The Morgan fingerprint density at radius 3 is 2.71 bits per heavy atom. The fraction of sp³-hybridized carbons (Fsp3) is 0.318. The van der Waals surface area contributed by atoms with Crippen LogP contribution in [0.3, 0.4) is 0 Å². The summed E-state index contributed by atoms with van der Waals surface area (Å²) in [4.78, 5) is 24.2. The van der Waals surface area contributed by atoms with Crippen LogP contribution in [0.1, 0.15) is 30.4 Å². The van der Waals surface area contributed by atoms with Crippen LogP contribution in [-0.2, 0) is 9.59 Å². The SMILES string of the molecule is Cc1cccc(OCCNC(=O)CCC(=O)N2CCC(c3ccccc3)=N2)c1. The first-order chi connectivity index (χ1) is 13.6. The quantitative estimate of drug-likeness (QED) is 0.717. The Morgan fingerprint density at radius 1 is 1.11 bits per heavy atom. The highest BCUT2D eigenvalue weighted by atomic mass is 16.5. The van der Waals surface area contributed by atoms with Crippen molar-refractivity contribution in [2.75, 3.05) is 19.7 Å². The van der Waals surface area contributed by atoms with Crippen molar-refractivity contribution in [3.63, 3.8) is 0 Å². The summed E-state index contributed by atoms with van der Waals surface area (Å²) in [7, 11) is 0. The molecule has 2 aromatic carbocycles. The summed E-state index contributed by atoms with van der Waals surface area (Å²) in [5, 5.41) is 8.65. The van der Waals surface area contributed by atoms with Crippen LogP contribution < -0.4 is 10.1 Å². The van der Waals surface area contributed by atoms with E-state index in [1.807, 2.05) is 61.5 Å². The molecular formula is C22H25N3O3. The van der Waals surface area contributed by atoms with Crippen molar-refractivity contribution < 1.29 is 14.3 Å². The Balaban J connectivity index is 1.35. The van der Waals surface area contributed by atoms with Crippen LogP contribution in [0, 0.1) is 6.92 Å². The predicted octanol–water partition coefficient (Wildman–Crippen LogP) is 2.91. The van der Waals surface area contributed by atoms with Gasteiger partial charge in [0.05, 0.1) is 18.8 Å². The summed E-state index contributed by atoms with van der Waals surface area (Å²) in [6.07, 6.45) is 1.03. The second kappa shape index (κ2) is 9.69. The van der Waals surface area contributed by atoms with Gasteiger partial charge < -0.3 is 10.1 Å². The standard InChI is InChI=1S/C22H25N3O3/c1-17-6-5-9-19(16-17)28-15-13-23-21(26)10-11-22(27)25-14-12-20(24-25)18-7-3-2-4-8-18/h2-9,16H,10-15H2,1H3,(H,23,26). The third kappa shape index (κ3) is 5.67. The molecule has 2 amide bonds. The summed E-state index contributed by atoms with van der Waals surface area (Å²) < 4.78 is 5.59. The lowest BCUT2D eigenvalue weighted by Gasteiger charge is -2.11. The molecule has 0 atom stereocenters. The van der Waals surface area contributed by atoms with E-state index in [1.165, 1.54) is 5.01 Å². The molecule has 3 rings (SSSR count). The molecule has 6 nitrogen and oxygen atoms in total. The molecule has 1 aliphatic rings. The van der Waals surface area contributed by atoms with Crippen LogP contribution in [0.15, 0.2) is 59.7 Å². The average Bonchev–Trinajstić information content (AvgIpc) is 3.20. The number of rotatable bonds is 8. The first kappa shape index (κ1) is 19.6. The molecule has 0 aliphatic carbocycles. The number of benzene rings is 2. The molecule has 0 saturated carbocycles. The maximum absolute atomic E-state index is 12.3. The number of nitrogens with one attached hydrogen (secondary N) is 1. The third-order valence-electron chi connectivity index (χ3n) is 4.45. The topological polar surface area (TPSA) is 71.0 Å². The molecule has 0 fully saturated rings. The fourth-order valence-electron chi connectivity index (χ4n) is 2.97. The second-order valence-electron chi connectivity index (χ2n) is 6.69. The summed E-state index contributed by atoms with van der Waals surface area (Å²) in [6, 6.07) is 17.6. The molecule has 146 valence electrons. The number of hydrogen-bond acceptors (Lipinski definition) is 4. The fourth-order valence-corrected chi connectivity index (χ4v) is 2.97. The van der Waals surface area contributed by atoms with Gasteiger partial charge in [-0.15, -0.1) is 0 Å². The number of carbonyl (C=O) groups excluding carboxylic acids is 2. The van der Waals surface area contributed by atoms with E-state index in [0.717, 1.165) is 29.0 Å². The van der Waals surface area contributed by atoms with E-state index in [2.05, 4.69) is 10.4 Å². The smallest absolute Gasteiger partial charge is 0.243 e. The molecule has 2 aromatic rings. The molecule has 0 spiro atoms. The molecule has 1 aliphatic heterocycles. The molecule has 0 saturated heterocycles. The van der Waals surface area contributed by atoms with Gasteiger partial charge in [-0.25, -0.2) is 5.01 Å². The van der Waals surface area contributed by atoms with E-state index >= 15 is 0 Å². The minimum absolute atomic E-state index is 0.128. The van der Waals surface area contributed by atoms with Gasteiger partial charge in [-0.05, 0) is 30.2 Å². The van der Waals surface area contributed by atoms with Gasteiger partial charge in [0.25, 0.3) is 0 Å². The zero-order chi connectivity index (χ0) is 19.8. The van der Waals surface area contributed by atoms with Gasteiger partial charge in [0.15, 0.2) is 0 Å². The highest BCUT2D eigenvalue weighted by molar-refractivity contribution is 6.02. The predicted molar refractivity (Wildman–Crippen MR) is 108 cm³/mol. The van der Waals surface area contributed by atoms with Crippen molar-refractivity contribution in [3.8, 4) is 5.75 Å². The molecule has 0 radical (unpaired) electrons. The number of carbonyl (C=O) groups is 2. The number of amides is 2. The van der Waals surface area contributed by atoms with Gasteiger partial charge in [-0.2, -0.15) is 5.10 Å². The number of nitrogens with zero attached hydrogens (tertiary/aromatic N) is 2. The zero-order valence-electron chi connectivity index (χ0n) is 16.1. The molecule has 1 heterocycles. The maximum atomic E-state index is 12.3. The van der Waals surface area contributed by atoms with Crippen LogP contribution in [-0.4, -0.2) is 42.2 Å². The first-order valence-electron chi connectivity index (χ1n) is 9.51. The monoisotopic (exact) mass is 379 g/mol. The van der Waals surface area contributed by atoms with E-state index in [9.17, 15) is 9.59 Å². The molecule has 0 aromatic heterocycles. The third-order valence-corrected chi connectivity index (χ3v) is 4.45. The van der Waals surface area contributed by atoms with Crippen molar-refractivity contribution in [1.82, 2.24) is 10.3 Å². The van der Waals surface area contributed by atoms with Crippen molar-refractivity contribution in [1.29, 1.82) is 0 Å². The van der Waals surface area contributed by atoms with E-state index in [-0.39, 0.29) is 24.7 Å².